The molecule has 0 radical (unpaired) electrons. The van der Waals surface area contributed by atoms with Crippen LogP contribution in [0.15, 0.2) is 12.1 Å². The Morgan fingerprint density at radius 1 is 1.33 bits per heavy atom. The zero-order valence-corrected chi connectivity index (χ0v) is 10.5. The highest BCUT2D eigenvalue weighted by atomic mass is 19.4. The molecule has 102 valence electrons. The molecule has 0 amide bonds. The first-order chi connectivity index (χ1) is 8.35. The van der Waals surface area contributed by atoms with Crippen molar-refractivity contribution in [3.63, 3.8) is 0 Å². The molecule has 0 aliphatic heterocycles. The molecule has 1 aromatic rings. The summed E-state index contributed by atoms with van der Waals surface area (Å²) in [4.78, 5) is 5.70. The molecule has 0 spiro atoms. The van der Waals surface area contributed by atoms with Crippen molar-refractivity contribution in [1.29, 1.82) is 0 Å². The summed E-state index contributed by atoms with van der Waals surface area (Å²) in [5, 5.41) is 9.10. The molecule has 0 saturated carbocycles. The highest BCUT2D eigenvalue weighted by Gasteiger charge is 2.27. The number of rotatable bonds is 5. The molecule has 0 aromatic carbocycles. The lowest BCUT2D eigenvalue weighted by atomic mass is 10.2. The highest BCUT2D eigenvalue weighted by Crippen LogP contribution is 2.21. The van der Waals surface area contributed by atoms with Gasteiger partial charge in [-0.05, 0) is 24.1 Å². The molecule has 3 nitrogen and oxygen atoms in total. The standard InChI is InChI=1S/C12H17F3N2O/c1-3-10-6-9(8-18)7-11(16-10)17(2)5-4-12(13,14)15/h6-7,18H,3-5,8H2,1-2H3. The van der Waals surface area contributed by atoms with Crippen LogP contribution in [0.1, 0.15) is 24.6 Å². The lowest BCUT2D eigenvalue weighted by Crippen LogP contribution is -2.25. The number of aryl methyl sites for hydroxylation is 1. The number of anilines is 1. The van der Waals surface area contributed by atoms with E-state index in [0.29, 0.717) is 17.8 Å². The third kappa shape index (κ3) is 4.52. The molecule has 6 heteroatoms. The third-order valence-corrected chi connectivity index (χ3v) is 2.59. The van der Waals surface area contributed by atoms with Crippen LogP contribution in [0.5, 0.6) is 0 Å². The first kappa shape index (κ1) is 14.8. The molecular formula is C12H17F3N2O. The molecule has 0 fully saturated rings. The monoisotopic (exact) mass is 262 g/mol. The van der Waals surface area contributed by atoms with Gasteiger partial charge in [0.2, 0.25) is 0 Å². The van der Waals surface area contributed by atoms with Gasteiger partial charge in [0.25, 0.3) is 0 Å². The van der Waals surface area contributed by atoms with Crippen molar-refractivity contribution in [3.05, 3.63) is 23.4 Å². The molecule has 0 aliphatic rings. The van der Waals surface area contributed by atoms with Gasteiger partial charge < -0.3 is 10.0 Å². The van der Waals surface area contributed by atoms with E-state index in [2.05, 4.69) is 4.98 Å². The number of aromatic nitrogens is 1. The van der Waals surface area contributed by atoms with Crippen molar-refractivity contribution >= 4 is 5.82 Å². The number of nitrogens with zero attached hydrogens (tertiary/aromatic N) is 2. The molecule has 0 unspecified atom stereocenters. The first-order valence-electron chi connectivity index (χ1n) is 5.74. The van der Waals surface area contributed by atoms with E-state index < -0.39 is 12.6 Å². The van der Waals surface area contributed by atoms with Gasteiger partial charge in [0.05, 0.1) is 13.0 Å². The second-order valence-electron chi connectivity index (χ2n) is 4.12. The average Bonchev–Trinajstić information content (AvgIpc) is 2.34. The molecule has 0 atom stereocenters. The summed E-state index contributed by atoms with van der Waals surface area (Å²) in [7, 11) is 1.56. The van der Waals surface area contributed by atoms with E-state index in [1.54, 1.807) is 19.2 Å². The Bertz CT molecular complexity index is 371. The van der Waals surface area contributed by atoms with E-state index >= 15 is 0 Å². The smallest absolute Gasteiger partial charge is 0.390 e. The van der Waals surface area contributed by atoms with Gasteiger partial charge in [-0.3, -0.25) is 0 Å². The molecular weight excluding hydrogens is 245 g/mol. The number of hydrogen-bond acceptors (Lipinski definition) is 3. The molecule has 1 heterocycles. The second kappa shape index (κ2) is 6.04. The Morgan fingerprint density at radius 3 is 2.50 bits per heavy atom. The Hall–Kier alpha value is -1.30. The fourth-order valence-corrected chi connectivity index (χ4v) is 1.51. The SMILES string of the molecule is CCc1cc(CO)cc(N(C)CCC(F)(F)F)n1. The van der Waals surface area contributed by atoms with Crippen molar-refractivity contribution in [2.24, 2.45) is 0 Å². The topological polar surface area (TPSA) is 36.4 Å². The van der Waals surface area contributed by atoms with Gasteiger partial charge in [-0.25, -0.2) is 4.98 Å². The van der Waals surface area contributed by atoms with Gasteiger partial charge in [0, 0.05) is 19.3 Å². The summed E-state index contributed by atoms with van der Waals surface area (Å²) in [6.07, 6.45) is -4.37. The lowest BCUT2D eigenvalue weighted by Gasteiger charge is -2.20. The molecule has 0 bridgehead atoms. The maximum atomic E-state index is 12.1. The minimum atomic E-state index is -4.17. The summed E-state index contributed by atoms with van der Waals surface area (Å²) < 4.78 is 36.4. The highest BCUT2D eigenvalue weighted by molar-refractivity contribution is 5.41. The quantitative estimate of drug-likeness (QED) is 0.885. The van der Waals surface area contributed by atoms with Gasteiger partial charge >= 0.3 is 6.18 Å². The van der Waals surface area contributed by atoms with Gasteiger partial charge in [-0.15, -0.1) is 0 Å². The van der Waals surface area contributed by atoms with Crippen molar-refractivity contribution in [3.8, 4) is 0 Å². The van der Waals surface area contributed by atoms with E-state index in [-0.39, 0.29) is 13.2 Å². The minimum absolute atomic E-state index is 0.143. The normalized spacial score (nSPS) is 11.7. The number of halogens is 3. The number of hydrogen-bond donors (Lipinski definition) is 1. The molecule has 18 heavy (non-hydrogen) atoms. The van der Waals surface area contributed by atoms with E-state index in [1.807, 2.05) is 6.92 Å². The Labute approximate surface area is 104 Å². The largest absolute Gasteiger partial charge is 0.392 e. The van der Waals surface area contributed by atoms with Crippen LogP contribution < -0.4 is 4.90 Å². The van der Waals surface area contributed by atoms with Crippen molar-refractivity contribution in [2.75, 3.05) is 18.5 Å². The summed E-state index contributed by atoms with van der Waals surface area (Å²) in [5.74, 6) is 0.461. The van der Waals surface area contributed by atoms with Crippen molar-refractivity contribution in [1.82, 2.24) is 4.98 Å². The summed E-state index contributed by atoms with van der Waals surface area (Å²) in [6.45, 7) is 1.62. The molecule has 0 aliphatic carbocycles. The Balaban J connectivity index is 2.81. The minimum Gasteiger partial charge on any atom is -0.392 e. The van der Waals surface area contributed by atoms with Crippen LogP contribution in [0.4, 0.5) is 19.0 Å². The summed E-state index contributed by atoms with van der Waals surface area (Å²) in [6, 6.07) is 3.36. The van der Waals surface area contributed by atoms with Crippen LogP contribution >= 0.6 is 0 Å². The first-order valence-corrected chi connectivity index (χ1v) is 5.74. The zero-order valence-electron chi connectivity index (χ0n) is 10.5. The maximum absolute atomic E-state index is 12.1. The van der Waals surface area contributed by atoms with Gasteiger partial charge in [-0.1, -0.05) is 6.92 Å². The Kier molecular flexibility index (Phi) is 4.95. The number of alkyl halides is 3. The number of aliphatic hydroxyl groups is 1. The van der Waals surface area contributed by atoms with Crippen LogP contribution in [0, 0.1) is 0 Å². The predicted octanol–water partition coefficient (Wildman–Crippen LogP) is 2.52. The van der Waals surface area contributed by atoms with Crippen molar-refractivity contribution < 1.29 is 18.3 Å². The van der Waals surface area contributed by atoms with E-state index in [9.17, 15) is 13.2 Å². The number of aliphatic hydroxyl groups excluding tert-OH is 1. The fraction of sp³-hybridized carbons (Fsp3) is 0.583. The van der Waals surface area contributed by atoms with Gasteiger partial charge in [0.15, 0.2) is 0 Å². The molecule has 1 aromatic heterocycles. The van der Waals surface area contributed by atoms with Crippen molar-refractivity contribution in [2.45, 2.75) is 32.5 Å². The lowest BCUT2D eigenvalue weighted by molar-refractivity contribution is -0.132. The van der Waals surface area contributed by atoms with Gasteiger partial charge in [-0.2, -0.15) is 13.2 Å². The molecule has 1 N–H and O–H groups in total. The fourth-order valence-electron chi connectivity index (χ4n) is 1.51. The third-order valence-electron chi connectivity index (χ3n) is 2.59. The van der Waals surface area contributed by atoms with E-state index in [0.717, 1.165) is 5.69 Å². The van der Waals surface area contributed by atoms with Crippen LogP contribution in [-0.2, 0) is 13.0 Å². The summed E-state index contributed by atoms with van der Waals surface area (Å²) >= 11 is 0. The maximum Gasteiger partial charge on any atom is 0.390 e. The number of pyridine rings is 1. The van der Waals surface area contributed by atoms with Gasteiger partial charge in [0.1, 0.15) is 5.82 Å². The van der Waals surface area contributed by atoms with Crippen LogP contribution in [0.25, 0.3) is 0 Å². The van der Waals surface area contributed by atoms with Crippen LogP contribution in [0.2, 0.25) is 0 Å². The Morgan fingerprint density at radius 2 is 2.00 bits per heavy atom. The van der Waals surface area contributed by atoms with E-state index in [4.69, 9.17) is 5.11 Å². The average molecular weight is 262 g/mol. The van der Waals surface area contributed by atoms with Crippen LogP contribution in [-0.4, -0.2) is 29.9 Å². The zero-order chi connectivity index (χ0) is 13.8. The predicted molar refractivity (Wildman–Crippen MR) is 63.5 cm³/mol. The summed E-state index contributed by atoms with van der Waals surface area (Å²) in [5.41, 5.74) is 1.42. The van der Waals surface area contributed by atoms with E-state index in [1.165, 1.54) is 4.90 Å². The molecule has 0 saturated heterocycles. The second-order valence-corrected chi connectivity index (χ2v) is 4.12. The van der Waals surface area contributed by atoms with Crippen LogP contribution in [0.3, 0.4) is 0 Å². The molecule has 1 rings (SSSR count).